The highest BCUT2D eigenvalue weighted by Crippen LogP contribution is 2.33. The van der Waals surface area contributed by atoms with E-state index in [1.54, 1.807) is 0 Å². The summed E-state index contributed by atoms with van der Waals surface area (Å²) in [5.41, 5.74) is 1.17. The molecule has 1 atom stereocenters. The molecule has 4 heteroatoms. The van der Waals surface area contributed by atoms with Crippen LogP contribution in [-0.4, -0.2) is 36.6 Å². The Bertz CT molecular complexity index is 384. The lowest BCUT2D eigenvalue weighted by molar-refractivity contribution is 0.309. The van der Waals surface area contributed by atoms with Gasteiger partial charge in [-0.15, -0.1) is 0 Å². The van der Waals surface area contributed by atoms with Gasteiger partial charge in [-0.1, -0.05) is 0 Å². The fraction of sp³-hybridized carbons (Fsp3) is 0.750. The standard InChI is InChI=1S/C12H19N3O/c1-8-11(10-4-3-5-15(10)2)14-12(16-8)9-6-13-7-9/h9-10,13H,3-7H2,1-2H3. The lowest BCUT2D eigenvalue weighted by Gasteiger charge is -2.23. The number of aromatic nitrogens is 1. The molecule has 0 saturated carbocycles. The van der Waals surface area contributed by atoms with Crippen LogP contribution in [0.2, 0.25) is 0 Å². The molecule has 0 aliphatic carbocycles. The number of hydrogen-bond donors (Lipinski definition) is 1. The van der Waals surface area contributed by atoms with Crippen molar-refractivity contribution in [2.24, 2.45) is 0 Å². The van der Waals surface area contributed by atoms with E-state index in [0.717, 1.165) is 24.7 Å². The highest BCUT2D eigenvalue weighted by molar-refractivity contribution is 5.17. The van der Waals surface area contributed by atoms with Gasteiger partial charge in [0.1, 0.15) is 5.76 Å². The maximum atomic E-state index is 5.80. The maximum absolute atomic E-state index is 5.80. The van der Waals surface area contributed by atoms with Gasteiger partial charge in [0.05, 0.1) is 17.7 Å². The molecule has 1 aromatic heterocycles. The molecule has 0 amide bonds. The Labute approximate surface area is 96.0 Å². The lowest BCUT2D eigenvalue weighted by Crippen LogP contribution is -2.40. The molecule has 2 saturated heterocycles. The van der Waals surface area contributed by atoms with Gasteiger partial charge in [0, 0.05) is 13.1 Å². The maximum Gasteiger partial charge on any atom is 0.200 e. The van der Waals surface area contributed by atoms with Gasteiger partial charge < -0.3 is 9.73 Å². The first-order chi connectivity index (χ1) is 7.75. The number of aryl methyl sites for hydroxylation is 1. The quantitative estimate of drug-likeness (QED) is 0.820. The molecular formula is C12H19N3O. The summed E-state index contributed by atoms with van der Waals surface area (Å²) in [6.45, 7) is 5.25. The zero-order valence-corrected chi connectivity index (χ0v) is 9.99. The predicted octanol–water partition coefficient (Wildman–Crippen LogP) is 1.44. The van der Waals surface area contributed by atoms with Gasteiger partial charge in [-0.25, -0.2) is 4.98 Å². The van der Waals surface area contributed by atoms with Crippen molar-refractivity contribution in [2.75, 3.05) is 26.7 Å². The molecule has 0 spiro atoms. The van der Waals surface area contributed by atoms with Gasteiger partial charge in [-0.3, -0.25) is 4.90 Å². The monoisotopic (exact) mass is 221 g/mol. The third kappa shape index (κ3) is 1.57. The molecular weight excluding hydrogens is 202 g/mol. The molecule has 2 fully saturated rings. The molecule has 1 unspecified atom stereocenters. The summed E-state index contributed by atoms with van der Waals surface area (Å²) in [4.78, 5) is 7.10. The van der Waals surface area contributed by atoms with Crippen LogP contribution in [0.3, 0.4) is 0 Å². The molecule has 88 valence electrons. The summed E-state index contributed by atoms with van der Waals surface area (Å²) in [6.07, 6.45) is 2.49. The third-order valence-corrected chi connectivity index (χ3v) is 3.82. The van der Waals surface area contributed by atoms with Crippen molar-refractivity contribution in [2.45, 2.75) is 31.7 Å². The number of likely N-dealkylation sites (tertiary alicyclic amines) is 1. The van der Waals surface area contributed by atoms with Crippen molar-refractivity contribution in [3.63, 3.8) is 0 Å². The molecule has 16 heavy (non-hydrogen) atoms. The second-order valence-electron chi connectivity index (χ2n) is 4.99. The molecule has 2 aliphatic rings. The fourth-order valence-corrected chi connectivity index (χ4v) is 2.63. The smallest absolute Gasteiger partial charge is 0.200 e. The molecule has 2 aliphatic heterocycles. The van der Waals surface area contributed by atoms with Crippen LogP contribution >= 0.6 is 0 Å². The van der Waals surface area contributed by atoms with Gasteiger partial charge in [-0.2, -0.15) is 0 Å². The molecule has 0 aromatic carbocycles. The first-order valence-corrected chi connectivity index (χ1v) is 6.14. The minimum Gasteiger partial charge on any atom is -0.445 e. The second-order valence-corrected chi connectivity index (χ2v) is 4.99. The Hall–Kier alpha value is -0.870. The van der Waals surface area contributed by atoms with E-state index >= 15 is 0 Å². The zero-order chi connectivity index (χ0) is 11.1. The van der Waals surface area contributed by atoms with Gasteiger partial charge in [-0.05, 0) is 33.4 Å². The summed E-state index contributed by atoms with van der Waals surface area (Å²) in [6, 6.07) is 0.477. The minimum atomic E-state index is 0.477. The summed E-state index contributed by atoms with van der Waals surface area (Å²) in [5.74, 6) is 2.45. The first-order valence-electron chi connectivity index (χ1n) is 6.14. The molecule has 1 N–H and O–H groups in total. The normalized spacial score (nSPS) is 27.2. The Balaban J connectivity index is 1.85. The van der Waals surface area contributed by atoms with Crippen molar-refractivity contribution >= 4 is 0 Å². The molecule has 0 bridgehead atoms. The number of rotatable bonds is 2. The SMILES string of the molecule is Cc1oc(C2CNC2)nc1C1CCCN1C. The topological polar surface area (TPSA) is 41.3 Å². The first kappa shape index (κ1) is 10.3. The largest absolute Gasteiger partial charge is 0.445 e. The van der Waals surface area contributed by atoms with Crippen molar-refractivity contribution in [3.05, 3.63) is 17.3 Å². The van der Waals surface area contributed by atoms with Crippen molar-refractivity contribution in [1.82, 2.24) is 15.2 Å². The average molecular weight is 221 g/mol. The molecule has 3 rings (SSSR count). The van der Waals surface area contributed by atoms with Gasteiger partial charge in [0.15, 0.2) is 5.89 Å². The van der Waals surface area contributed by atoms with Crippen molar-refractivity contribution in [3.8, 4) is 0 Å². The van der Waals surface area contributed by atoms with Crippen molar-refractivity contribution in [1.29, 1.82) is 0 Å². The Morgan fingerprint density at radius 2 is 2.25 bits per heavy atom. The van der Waals surface area contributed by atoms with Crippen LogP contribution in [0.25, 0.3) is 0 Å². The molecule has 3 heterocycles. The van der Waals surface area contributed by atoms with E-state index < -0.39 is 0 Å². The van der Waals surface area contributed by atoms with E-state index in [0.29, 0.717) is 12.0 Å². The van der Waals surface area contributed by atoms with Gasteiger partial charge in [0.25, 0.3) is 0 Å². The number of nitrogens with zero attached hydrogens (tertiary/aromatic N) is 2. The average Bonchev–Trinajstić information content (AvgIpc) is 2.70. The molecule has 4 nitrogen and oxygen atoms in total. The van der Waals surface area contributed by atoms with Gasteiger partial charge >= 0.3 is 0 Å². The van der Waals surface area contributed by atoms with E-state index in [2.05, 4.69) is 17.3 Å². The van der Waals surface area contributed by atoms with Crippen LogP contribution in [0.4, 0.5) is 0 Å². The number of oxazole rings is 1. The van der Waals surface area contributed by atoms with E-state index in [1.807, 2.05) is 6.92 Å². The second kappa shape index (κ2) is 3.86. The van der Waals surface area contributed by atoms with E-state index in [-0.39, 0.29) is 0 Å². The highest BCUT2D eigenvalue weighted by atomic mass is 16.4. The number of nitrogens with one attached hydrogen (secondary N) is 1. The molecule has 0 radical (unpaired) electrons. The summed E-state index contributed by atoms with van der Waals surface area (Å²) in [5, 5.41) is 3.26. The van der Waals surface area contributed by atoms with Crippen LogP contribution in [0.5, 0.6) is 0 Å². The van der Waals surface area contributed by atoms with Crippen LogP contribution in [-0.2, 0) is 0 Å². The predicted molar refractivity (Wildman–Crippen MR) is 61.5 cm³/mol. The van der Waals surface area contributed by atoms with E-state index in [9.17, 15) is 0 Å². The number of hydrogen-bond acceptors (Lipinski definition) is 4. The Morgan fingerprint density at radius 1 is 1.44 bits per heavy atom. The Morgan fingerprint density at radius 3 is 2.81 bits per heavy atom. The summed E-state index contributed by atoms with van der Waals surface area (Å²) < 4.78 is 5.80. The third-order valence-electron chi connectivity index (χ3n) is 3.82. The van der Waals surface area contributed by atoms with Crippen LogP contribution in [0, 0.1) is 6.92 Å². The zero-order valence-electron chi connectivity index (χ0n) is 9.99. The summed E-state index contributed by atoms with van der Waals surface area (Å²) in [7, 11) is 2.18. The van der Waals surface area contributed by atoms with Crippen molar-refractivity contribution < 1.29 is 4.42 Å². The Kier molecular flexibility index (Phi) is 2.48. The van der Waals surface area contributed by atoms with Gasteiger partial charge in [0.2, 0.25) is 0 Å². The minimum absolute atomic E-state index is 0.477. The van der Waals surface area contributed by atoms with Crippen LogP contribution < -0.4 is 5.32 Å². The van der Waals surface area contributed by atoms with E-state index in [4.69, 9.17) is 9.40 Å². The fourth-order valence-electron chi connectivity index (χ4n) is 2.63. The summed E-state index contributed by atoms with van der Waals surface area (Å²) >= 11 is 0. The molecule has 1 aromatic rings. The van der Waals surface area contributed by atoms with Crippen LogP contribution in [0.1, 0.15) is 42.1 Å². The highest BCUT2D eigenvalue weighted by Gasteiger charge is 2.30. The van der Waals surface area contributed by atoms with E-state index in [1.165, 1.54) is 25.1 Å². The lowest BCUT2D eigenvalue weighted by atomic mass is 10.0. The van der Waals surface area contributed by atoms with Crippen LogP contribution in [0.15, 0.2) is 4.42 Å².